The molecule has 156 valence electrons. The third-order valence-electron chi connectivity index (χ3n) is 5.69. The predicted octanol–water partition coefficient (Wildman–Crippen LogP) is 3.90. The quantitative estimate of drug-likeness (QED) is 0.645. The van der Waals surface area contributed by atoms with Crippen LogP contribution in [0.4, 0.5) is 0 Å². The molecule has 1 aliphatic heterocycles. The van der Waals surface area contributed by atoms with E-state index in [-0.39, 0.29) is 18.1 Å². The highest BCUT2D eigenvalue weighted by Gasteiger charge is 2.24. The first kappa shape index (κ1) is 21.3. The van der Waals surface area contributed by atoms with E-state index in [0.29, 0.717) is 13.1 Å². The lowest BCUT2D eigenvalue weighted by atomic mass is 10.1. The van der Waals surface area contributed by atoms with Crippen LogP contribution in [0.25, 0.3) is 0 Å². The van der Waals surface area contributed by atoms with E-state index < -0.39 is 0 Å². The second kappa shape index (κ2) is 10.4. The second-order valence-corrected chi connectivity index (χ2v) is 7.71. The zero-order valence-corrected chi connectivity index (χ0v) is 17.7. The standard InChI is InChI=1S/C24H32N2O3/c1-19(20-10-5-4-6-11-20)25(2)24(27)18-26(17-22-13-9-15-29-22)16-21-12-7-8-14-23(21)28-3/h4-8,10-12,14,19,22H,9,13,15-18H2,1-3H3. The molecular weight excluding hydrogens is 364 g/mol. The summed E-state index contributed by atoms with van der Waals surface area (Å²) in [5.41, 5.74) is 2.22. The summed E-state index contributed by atoms with van der Waals surface area (Å²) >= 11 is 0. The number of ether oxygens (including phenoxy) is 2. The number of carbonyl (C=O) groups excluding carboxylic acids is 1. The first-order chi connectivity index (χ1) is 14.1. The van der Waals surface area contributed by atoms with Crippen molar-refractivity contribution in [2.45, 2.75) is 38.5 Å². The number of benzene rings is 2. The van der Waals surface area contributed by atoms with E-state index in [4.69, 9.17) is 9.47 Å². The van der Waals surface area contributed by atoms with Gasteiger partial charge >= 0.3 is 0 Å². The molecule has 0 spiro atoms. The van der Waals surface area contributed by atoms with E-state index in [0.717, 1.165) is 42.9 Å². The summed E-state index contributed by atoms with van der Waals surface area (Å²) in [6.07, 6.45) is 2.33. The molecule has 29 heavy (non-hydrogen) atoms. The molecule has 1 saturated heterocycles. The molecule has 0 saturated carbocycles. The number of hydrogen-bond acceptors (Lipinski definition) is 4. The maximum Gasteiger partial charge on any atom is 0.237 e. The van der Waals surface area contributed by atoms with Crippen LogP contribution in [0.3, 0.4) is 0 Å². The van der Waals surface area contributed by atoms with Crippen LogP contribution in [0.1, 0.15) is 36.9 Å². The number of hydrogen-bond donors (Lipinski definition) is 0. The van der Waals surface area contributed by atoms with Crippen LogP contribution in [0.15, 0.2) is 54.6 Å². The van der Waals surface area contributed by atoms with E-state index >= 15 is 0 Å². The summed E-state index contributed by atoms with van der Waals surface area (Å²) in [6, 6.07) is 18.2. The summed E-state index contributed by atoms with van der Waals surface area (Å²) in [5, 5.41) is 0. The lowest BCUT2D eigenvalue weighted by Gasteiger charge is -2.30. The second-order valence-electron chi connectivity index (χ2n) is 7.71. The van der Waals surface area contributed by atoms with E-state index in [1.807, 2.05) is 48.3 Å². The van der Waals surface area contributed by atoms with Crippen molar-refractivity contribution in [3.8, 4) is 5.75 Å². The number of carbonyl (C=O) groups is 1. The Kier molecular flexibility index (Phi) is 7.67. The van der Waals surface area contributed by atoms with Gasteiger partial charge in [0.05, 0.1) is 25.8 Å². The first-order valence-corrected chi connectivity index (χ1v) is 10.3. The summed E-state index contributed by atoms with van der Waals surface area (Å²) < 4.78 is 11.4. The molecule has 3 rings (SSSR count). The Morgan fingerprint density at radius 1 is 1.17 bits per heavy atom. The smallest absolute Gasteiger partial charge is 0.237 e. The minimum absolute atomic E-state index is 0.0274. The Hall–Kier alpha value is -2.37. The van der Waals surface area contributed by atoms with Gasteiger partial charge in [-0.05, 0) is 31.4 Å². The van der Waals surface area contributed by atoms with Crippen LogP contribution in [-0.4, -0.2) is 55.7 Å². The molecule has 5 nitrogen and oxygen atoms in total. The highest BCUT2D eigenvalue weighted by molar-refractivity contribution is 5.78. The molecule has 0 aliphatic carbocycles. The van der Waals surface area contributed by atoms with E-state index in [9.17, 15) is 4.79 Å². The maximum absolute atomic E-state index is 13.1. The lowest BCUT2D eigenvalue weighted by Crippen LogP contribution is -2.42. The van der Waals surface area contributed by atoms with Crippen LogP contribution in [0.2, 0.25) is 0 Å². The highest BCUT2D eigenvalue weighted by Crippen LogP contribution is 2.22. The van der Waals surface area contributed by atoms with Crippen LogP contribution < -0.4 is 4.74 Å². The molecule has 5 heteroatoms. The Labute approximate surface area is 174 Å². The average molecular weight is 397 g/mol. The Balaban J connectivity index is 1.70. The topological polar surface area (TPSA) is 42.0 Å². The highest BCUT2D eigenvalue weighted by atomic mass is 16.5. The normalized spacial score (nSPS) is 17.3. The van der Waals surface area contributed by atoms with Gasteiger partial charge in [-0.1, -0.05) is 48.5 Å². The zero-order valence-electron chi connectivity index (χ0n) is 17.7. The SMILES string of the molecule is COc1ccccc1CN(CC(=O)N(C)C(C)c1ccccc1)CC1CCCO1. The molecule has 0 aromatic heterocycles. The molecule has 1 heterocycles. The Morgan fingerprint density at radius 3 is 2.59 bits per heavy atom. The fourth-order valence-electron chi connectivity index (χ4n) is 3.81. The van der Waals surface area contributed by atoms with Gasteiger partial charge < -0.3 is 14.4 Å². The molecule has 2 aromatic rings. The van der Waals surface area contributed by atoms with E-state index in [2.05, 4.69) is 30.0 Å². The molecule has 2 atom stereocenters. The van der Waals surface area contributed by atoms with Gasteiger partial charge in [0.25, 0.3) is 0 Å². The number of likely N-dealkylation sites (N-methyl/N-ethyl adjacent to an activating group) is 1. The average Bonchev–Trinajstić information content (AvgIpc) is 3.26. The summed E-state index contributed by atoms with van der Waals surface area (Å²) in [4.78, 5) is 17.1. The number of amides is 1. The third-order valence-corrected chi connectivity index (χ3v) is 5.69. The zero-order chi connectivity index (χ0) is 20.6. The molecular formula is C24H32N2O3. The van der Waals surface area contributed by atoms with Crippen molar-refractivity contribution in [1.29, 1.82) is 0 Å². The number of methoxy groups -OCH3 is 1. The summed E-state index contributed by atoms with van der Waals surface area (Å²) in [7, 11) is 3.57. The van der Waals surface area contributed by atoms with Crippen molar-refractivity contribution in [2.75, 3.05) is 33.9 Å². The van der Waals surface area contributed by atoms with Gasteiger partial charge in [-0.2, -0.15) is 0 Å². The molecule has 0 bridgehead atoms. The molecule has 1 aliphatic rings. The fraction of sp³-hybridized carbons (Fsp3) is 0.458. The van der Waals surface area contributed by atoms with Gasteiger partial charge in [0.1, 0.15) is 5.75 Å². The van der Waals surface area contributed by atoms with E-state index in [1.165, 1.54) is 0 Å². The van der Waals surface area contributed by atoms with Gasteiger partial charge in [0, 0.05) is 32.3 Å². The largest absolute Gasteiger partial charge is 0.496 e. The van der Waals surface area contributed by atoms with Gasteiger partial charge in [0.15, 0.2) is 0 Å². The van der Waals surface area contributed by atoms with Crippen molar-refractivity contribution < 1.29 is 14.3 Å². The third kappa shape index (κ3) is 5.81. The Bertz CT molecular complexity index is 775. The molecule has 0 N–H and O–H groups in total. The minimum Gasteiger partial charge on any atom is -0.496 e. The number of rotatable bonds is 9. The maximum atomic E-state index is 13.1. The lowest BCUT2D eigenvalue weighted by molar-refractivity contribution is -0.133. The molecule has 2 aromatic carbocycles. The van der Waals surface area contributed by atoms with Crippen molar-refractivity contribution >= 4 is 5.91 Å². The van der Waals surface area contributed by atoms with Gasteiger partial charge in [-0.25, -0.2) is 0 Å². The van der Waals surface area contributed by atoms with Gasteiger partial charge in [0.2, 0.25) is 5.91 Å². The van der Waals surface area contributed by atoms with Crippen molar-refractivity contribution in [3.63, 3.8) is 0 Å². The van der Waals surface area contributed by atoms with Crippen LogP contribution >= 0.6 is 0 Å². The summed E-state index contributed by atoms with van der Waals surface area (Å²) in [6.45, 7) is 4.63. The van der Waals surface area contributed by atoms with Crippen LogP contribution in [-0.2, 0) is 16.1 Å². The number of para-hydroxylation sites is 1. The number of nitrogens with zero attached hydrogens (tertiary/aromatic N) is 2. The molecule has 1 fully saturated rings. The van der Waals surface area contributed by atoms with Crippen molar-refractivity contribution in [3.05, 3.63) is 65.7 Å². The molecule has 0 radical (unpaired) electrons. The first-order valence-electron chi connectivity index (χ1n) is 10.3. The molecule has 2 unspecified atom stereocenters. The van der Waals surface area contributed by atoms with E-state index in [1.54, 1.807) is 7.11 Å². The molecule has 1 amide bonds. The van der Waals surface area contributed by atoms with Crippen molar-refractivity contribution in [2.24, 2.45) is 0 Å². The fourth-order valence-corrected chi connectivity index (χ4v) is 3.81. The van der Waals surface area contributed by atoms with Crippen LogP contribution in [0, 0.1) is 0 Å². The van der Waals surface area contributed by atoms with Crippen LogP contribution in [0.5, 0.6) is 5.75 Å². The minimum atomic E-state index is 0.0274. The Morgan fingerprint density at radius 2 is 1.90 bits per heavy atom. The summed E-state index contributed by atoms with van der Waals surface area (Å²) in [5.74, 6) is 0.956. The van der Waals surface area contributed by atoms with Crippen molar-refractivity contribution in [1.82, 2.24) is 9.80 Å². The van der Waals surface area contributed by atoms with Gasteiger partial charge in [-0.3, -0.25) is 9.69 Å². The van der Waals surface area contributed by atoms with Gasteiger partial charge in [-0.15, -0.1) is 0 Å². The monoisotopic (exact) mass is 396 g/mol. The predicted molar refractivity (Wildman–Crippen MR) is 115 cm³/mol.